The maximum absolute atomic E-state index is 14.9. The van der Waals surface area contributed by atoms with Gasteiger partial charge in [-0.2, -0.15) is 0 Å². The number of halogens is 1. The van der Waals surface area contributed by atoms with Crippen LogP contribution >= 0.6 is 0 Å². The van der Waals surface area contributed by atoms with Crippen LogP contribution in [0.15, 0.2) is 89.1 Å². The smallest absolute Gasteiger partial charge is 0.410 e. The summed E-state index contributed by atoms with van der Waals surface area (Å²) in [5.74, 6) is 0.348. The van der Waals surface area contributed by atoms with E-state index in [2.05, 4.69) is 0 Å². The fourth-order valence-electron chi connectivity index (χ4n) is 4.20. The van der Waals surface area contributed by atoms with Gasteiger partial charge < -0.3 is 15.2 Å². The number of amides is 1. The van der Waals surface area contributed by atoms with E-state index in [0.29, 0.717) is 22.5 Å². The van der Waals surface area contributed by atoms with E-state index >= 15 is 0 Å². The number of carbonyl (C=O) groups excluding carboxylic acids is 1. The summed E-state index contributed by atoms with van der Waals surface area (Å²) in [7, 11) is 1.64. The Morgan fingerprint density at radius 3 is 2.41 bits per heavy atom. The number of aliphatic imine (C=N–C) groups is 1. The van der Waals surface area contributed by atoms with Crippen molar-refractivity contribution >= 4 is 11.8 Å². The largest absolute Gasteiger partial charge is 0.496 e. The molecule has 1 aliphatic rings. The minimum atomic E-state index is -0.637. The first kappa shape index (κ1) is 25.9. The second kappa shape index (κ2) is 10.9. The van der Waals surface area contributed by atoms with Crippen molar-refractivity contribution in [2.45, 2.75) is 32.9 Å². The Hall–Kier alpha value is -4.13. The maximum atomic E-state index is 14.9. The minimum Gasteiger partial charge on any atom is -0.496 e. The summed E-state index contributed by atoms with van der Waals surface area (Å²) < 4.78 is 26.0. The Balaban J connectivity index is 1.68. The molecule has 0 atom stereocenters. The third-order valence-electron chi connectivity index (χ3n) is 5.93. The van der Waals surface area contributed by atoms with Gasteiger partial charge in [0, 0.05) is 22.4 Å². The number of nitrogens with two attached hydrogens (primary N) is 1. The van der Waals surface area contributed by atoms with Crippen molar-refractivity contribution in [1.29, 1.82) is 0 Å². The molecule has 7 heteroatoms. The van der Waals surface area contributed by atoms with Crippen LogP contribution in [0.2, 0.25) is 0 Å². The van der Waals surface area contributed by atoms with Gasteiger partial charge in [0.15, 0.2) is 0 Å². The summed E-state index contributed by atoms with van der Waals surface area (Å²) in [6.07, 6.45) is -0.471. The van der Waals surface area contributed by atoms with E-state index in [4.69, 9.17) is 20.2 Å². The highest BCUT2D eigenvalue weighted by molar-refractivity contribution is 6.14. The lowest BCUT2D eigenvalue weighted by atomic mass is 10.00. The second-order valence-electron chi connectivity index (χ2n) is 9.89. The normalized spacial score (nSPS) is 14.2. The van der Waals surface area contributed by atoms with Gasteiger partial charge in [-0.1, -0.05) is 48.5 Å². The Morgan fingerprint density at radius 1 is 1.03 bits per heavy atom. The topological polar surface area (TPSA) is 77.2 Å². The molecule has 0 fully saturated rings. The average molecular weight is 502 g/mol. The number of hydrogen-bond donors (Lipinski definition) is 1. The predicted octanol–water partition coefficient (Wildman–Crippen LogP) is 5.95. The summed E-state index contributed by atoms with van der Waals surface area (Å²) >= 11 is 0. The molecule has 0 radical (unpaired) electrons. The maximum Gasteiger partial charge on any atom is 0.410 e. The first-order valence-electron chi connectivity index (χ1n) is 12.1. The molecular formula is C30H32FN3O3. The zero-order valence-electron chi connectivity index (χ0n) is 21.6. The van der Waals surface area contributed by atoms with Crippen LogP contribution in [0, 0.1) is 5.82 Å². The molecule has 1 heterocycles. The molecule has 0 spiro atoms. The van der Waals surface area contributed by atoms with Gasteiger partial charge in [-0.25, -0.2) is 9.18 Å². The molecule has 0 saturated heterocycles. The van der Waals surface area contributed by atoms with Crippen LogP contribution in [0.1, 0.15) is 31.9 Å². The van der Waals surface area contributed by atoms with Crippen molar-refractivity contribution in [3.63, 3.8) is 0 Å². The van der Waals surface area contributed by atoms with Crippen molar-refractivity contribution in [3.8, 4) is 16.9 Å². The van der Waals surface area contributed by atoms with Gasteiger partial charge in [0.05, 0.1) is 32.5 Å². The molecular weight excluding hydrogens is 469 g/mol. The standard InChI is InChI=1S/C30H32FN3O3/c1-30(2,3)37-29(35)34-18-24(26(32)19-34)28(22-12-8-9-13-25(22)31)33-17-20-14-15-27(36-4)23(16-20)21-10-6-5-7-11-21/h5-16H,17-19,32H2,1-4H3. The number of carbonyl (C=O) groups is 1. The summed E-state index contributed by atoms with van der Waals surface area (Å²) in [5, 5.41) is 0. The average Bonchev–Trinajstić information content (AvgIpc) is 3.26. The Labute approximate surface area is 217 Å². The fraction of sp³-hybridized carbons (Fsp3) is 0.267. The number of hydrogen-bond acceptors (Lipinski definition) is 5. The third kappa shape index (κ3) is 6.17. The number of benzene rings is 3. The van der Waals surface area contributed by atoms with E-state index in [0.717, 1.165) is 22.4 Å². The van der Waals surface area contributed by atoms with Gasteiger partial charge in [-0.05, 0) is 56.2 Å². The van der Waals surface area contributed by atoms with Crippen LogP contribution in [-0.4, -0.2) is 42.5 Å². The van der Waals surface area contributed by atoms with Gasteiger partial charge in [0.2, 0.25) is 0 Å². The fourth-order valence-corrected chi connectivity index (χ4v) is 4.20. The molecule has 0 bridgehead atoms. The van der Waals surface area contributed by atoms with Gasteiger partial charge in [-0.3, -0.25) is 9.89 Å². The molecule has 192 valence electrons. The molecule has 2 N–H and O–H groups in total. The van der Waals surface area contributed by atoms with Crippen molar-refractivity contribution in [2.75, 3.05) is 20.2 Å². The molecule has 3 aromatic carbocycles. The molecule has 1 aliphatic heterocycles. The zero-order valence-corrected chi connectivity index (χ0v) is 21.6. The lowest BCUT2D eigenvalue weighted by molar-refractivity contribution is 0.0300. The Kier molecular flexibility index (Phi) is 7.62. The van der Waals surface area contributed by atoms with Crippen LogP contribution in [0.5, 0.6) is 5.75 Å². The van der Waals surface area contributed by atoms with E-state index in [9.17, 15) is 9.18 Å². The number of nitrogens with zero attached hydrogens (tertiary/aromatic N) is 2. The van der Waals surface area contributed by atoms with Crippen LogP contribution in [0.25, 0.3) is 11.1 Å². The first-order valence-corrected chi connectivity index (χ1v) is 12.1. The highest BCUT2D eigenvalue weighted by Crippen LogP contribution is 2.31. The summed E-state index contributed by atoms with van der Waals surface area (Å²) in [6.45, 7) is 6.09. The lowest BCUT2D eigenvalue weighted by Crippen LogP contribution is -2.36. The quantitative estimate of drug-likeness (QED) is 0.423. The zero-order chi connectivity index (χ0) is 26.6. The van der Waals surface area contributed by atoms with Crippen LogP contribution < -0.4 is 10.5 Å². The van der Waals surface area contributed by atoms with Gasteiger partial charge >= 0.3 is 6.09 Å². The molecule has 0 saturated carbocycles. The van der Waals surface area contributed by atoms with E-state index in [1.807, 2.05) is 69.3 Å². The molecule has 37 heavy (non-hydrogen) atoms. The number of rotatable bonds is 6. The van der Waals surface area contributed by atoms with E-state index in [-0.39, 0.29) is 19.6 Å². The van der Waals surface area contributed by atoms with Gasteiger partial charge in [-0.15, -0.1) is 0 Å². The van der Waals surface area contributed by atoms with Crippen molar-refractivity contribution in [1.82, 2.24) is 4.90 Å². The van der Waals surface area contributed by atoms with Gasteiger partial charge in [0.1, 0.15) is 17.2 Å². The molecule has 0 unspecified atom stereocenters. The summed E-state index contributed by atoms with van der Waals surface area (Å²) in [6, 6.07) is 22.3. The van der Waals surface area contributed by atoms with Crippen molar-refractivity contribution < 1.29 is 18.7 Å². The predicted molar refractivity (Wildman–Crippen MR) is 144 cm³/mol. The van der Waals surface area contributed by atoms with E-state index in [1.54, 1.807) is 25.3 Å². The van der Waals surface area contributed by atoms with Crippen LogP contribution in [0.3, 0.4) is 0 Å². The van der Waals surface area contributed by atoms with Crippen LogP contribution in [0.4, 0.5) is 9.18 Å². The minimum absolute atomic E-state index is 0.186. The third-order valence-corrected chi connectivity index (χ3v) is 5.93. The SMILES string of the molecule is COc1ccc(CN=C(C2=C(N)CN(C(=O)OC(C)(C)C)C2)c2ccccc2F)cc1-c1ccccc1. The summed E-state index contributed by atoms with van der Waals surface area (Å²) in [5.41, 5.74) is 10.5. The number of ether oxygens (including phenoxy) is 2. The van der Waals surface area contributed by atoms with Crippen LogP contribution in [-0.2, 0) is 11.3 Å². The molecule has 4 rings (SSSR count). The Bertz CT molecular complexity index is 1340. The molecule has 1 amide bonds. The van der Waals surface area contributed by atoms with Crippen molar-refractivity contribution in [2.24, 2.45) is 10.7 Å². The van der Waals surface area contributed by atoms with E-state index < -0.39 is 17.5 Å². The highest BCUT2D eigenvalue weighted by atomic mass is 19.1. The van der Waals surface area contributed by atoms with E-state index in [1.165, 1.54) is 11.0 Å². The highest BCUT2D eigenvalue weighted by Gasteiger charge is 2.31. The number of methoxy groups -OCH3 is 1. The lowest BCUT2D eigenvalue weighted by Gasteiger charge is -2.24. The summed E-state index contributed by atoms with van der Waals surface area (Å²) in [4.78, 5) is 19.0. The first-order chi connectivity index (χ1) is 17.7. The molecule has 0 aliphatic carbocycles. The second-order valence-corrected chi connectivity index (χ2v) is 9.89. The molecule has 6 nitrogen and oxygen atoms in total. The van der Waals surface area contributed by atoms with Crippen molar-refractivity contribution in [3.05, 3.63) is 101 Å². The molecule has 0 aromatic heterocycles. The monoisotopic (exact) mass is 501 g/mol. The van der Waals surface area contributed by atoms with Gasteiger partial charge in [0.25, 0.3) is 0 Å². The molecule has 3 aromatic rings. The Morgan fingerprint density at radius 2 is 1.73 bits per heavy atom.